The maximum atomic E-state index is 12.5. The maximum absolute atomic E-state index is 12.5. The lowest BCUT2D eigenvalue weighted by Crippen LogP contribution is -2.37. The van der Waals surface area contributed by atoms with Crippen LogP contribution in [0, 0.1) is 13.8 Å². The highest BCUT2D eigenvalue weighted by atomic mass is 16.5. The average Bonchev–Trinajstić information content (AvgIpc) is 2.95. The molecule has 1 unspecified atom stereocenters. The highest BCUT2D eigenvalue weighted by Gasteiger charge is 2.27. The Morgan fingerprint density at radius 3 is 2.33 bits per heavy atom. The number of esters is 2. The van der Waals surface area contributed by atoms with Gasteiger partial charge in [0, 0.05) is 19.3 Å². The Labute approximate surface area is 158 Å². The van der Waals surface area contributed by atoms with Gasteiger partial charge in [0.1, 0.15) is 5.69 Å². The molecule has 0 radical (unpaired) electrons. The van der Waals surface area contributed by atoms with Crippen molar-refractivity contribution in [1.82, 2.24) is 9.88 Å². The standard InChI is InChI=1S/C20H24N2O5/c1-12-16(19(24)26-5)13(2)21-17(12)20(25)27-14(3)18(23)22(4)11-15-9-7-6-8-10-15/h6-10,14,21H,11H2,1-5H3. The van der Waals surface area contributed by atoms with Crippen LogP contribution in [0.15, 0.2) is 30.3 Å². The van der Waals surface area contributed by atoms with E-state index in [-0.39, 0.29) is 11.6 Å². The minimum atomic E-state index is -0.962. The third kappa shape index (κ3) is 4.55. The number of methoxy groups -OCH3 is 1. The summed E-state index contributed by atoms with van der Waals surface area (Å²) in [5.74, 6) is -1.55. The number of amides is 1. The van der Waals surface area contributed by atoms with E-state index in [0.29, 0.717) is 23.4 Å². The molecule has 27 heavy (non-hydrogen) atoms. The van der Waals surface area contributed by atoms with E-state index in [2.05, 4.69) is 4.98 Å². The van der Waals surface area contributed by atoms with E-state index in [0.717, 1.165) is 5.56 Å². The molecule has 1 aromatic carbocycles. The zero-order valence-corrected chi connectivity index (χ0v) is 16.2. The number of carbonyl (C=O) groups is 3. The molecular formula is C20H24N2O5. The van der Waals surface area contributed by atoms with Gasteiger partial charge in [0.05, 0.1) is 12.7 Å². The number of benzene rings is 1. The van der Waals surface area contributed by atoms with Crippen LogP contribution in [-0.2, 0) is 20.8 Å². The van der Waals surface area contributed by atoms with Crippen LogP contribution < -0.4 is 0 Å². The largest absolute Gasteiger partial charge is 0.465 e. The van der Waals surface area contributed by atoms with Crippen LogP contribution in [0.4, 0.5) is 0 Å². The number of likely N-dealkylation sites (N-methyl/N-ethyl adjacent to an activating group) is 1. The van der Waals surface area contributed by atoms with E-state index in [9.17, 15) is 14.4 Å². The molecule has 0 bridgehead atoms. The number of aromatic nitrogens is 1. The Kier molecular flexibility index (Phi) is 6.39. The molecule has 1 aromatic heterocycles. The molecule has 0 spiro atoms. The number of aromatic amines is 1. The fourth-order valence-electron chi connectivity index (χ4n) is 2.88. The quantitative estimate of drug-likeness (QED) is 0.788. The van der Waals surface area contributed by atoms with Gasteiger partial charge in [-0.25, -0.2) is 9.59 Å². The average molecular weight is 372 g/mol. The fraction of sp³-hybridized carbons (Fsp3) is 0.350. The first-order valence-electron chi connectivity index (χ1n) is 8.53. The number of nitrogens with one attached hydrogen (secondary N) is 1. The fourth-order valence-corrected chi connectivity index (χ4v) is 2.88. The van der Waals surface area contributed by atoms with E-state index in [1.807, 2.05) is 30.3 Å². The smallest absolute Gasteiger partial charge is 0.355 e. The first-order chi connectivity index (χ1) is 12.8. The molecule has 1 N–H and O–H groups in total. The number of ether oxygens (including phenoxy) is 2. The van der Waals surface area contributed by atoms with E-state index in [4.69, 9.17) is 9.47 Å². The second kappa shape index (κ2) is 8.53. The number of rotatable bonds is 6. The van der Waals surface area contributed by atoms with E-state index < -0.39 is 18.0 Å². The molecule has 1 amide bonds. The summed E-state index contributed by atoms with van der Waals surface area (Å²) in [7, 11) is 2.93. The predicted molar refractivity (Wildman–Crippen MR) is 99.4 cm³/mol. The molecule has 0 aliphatic heterocycles. The minimum absolute atomic E-state index is 0.137. The molecule has 2 rings (SSSR count). The summed E-state index contributed by atoms with van der Waals surface area (Å²) in [5, 5.41) is 0. The summed E-state index contributed by atoms with van der Waals surface area (Å²) in [6, 6.07) is 9.53. The summed E-state index contributed by atoms with van der Waals surface area (Å²) >= 11 is 0. The van der Waals surface area contributed by atoms with Crippen molar-refractivity contribution in [3.05, 3.63) is 58.4 Å². The number of H-pyrrole nitrogens is 1. The lowest BCUT2D eigenvalue weighted by Gasteiger charge is -2.21. The molecule has 7 heteroatoms. The lowest BCUT2D eigenvalue weighted by molar-refractivity contribution is -0.139. The molecule has 0 fully saturated rings. The Bertz CT molecular complexity index is 842. The highest BCUT2D eigenvalue weighted by Crippen LogP contribution is 2.20. The van der Waals surface area contributed by atoms with Gasteiger partial charge in [-0.15, -0.1) is 0 Å². The van der Waals surface area contributed by atoms with E-state index in [1.165, 1.54) is 18.9 Å². The summed E-state index contributed by atoms with van der Waals surface area (Å²) in [4.78, 5) is 41.1. The van der Waals surface area contributed by atoms with Gasteiger partial charge in [-0.3, -0.25) is 4.79 Å². The number of aryl methyl sites for hydroxylation is 1. The molecule has 0 aliphatic carbocycles. The molecule has 0 aliphatic rings. The number of nitrogens with zero attached hydrogens (tertiary/aromatic N) is 1. The van der Waals surface area contributed by atoms with Crippen LogP contribution in [0.1, 0.15) is 44.6 Å². The van der Waals surface area contributed by atoms with Crippen molar-refractivity contribution < 1.29 is 23.9 Å². The van der Waals surface area contributed by atoms with Crippen LogP contribution in [0.2, 0.25) is 0 Å². The summed E-state index contributed by atoms with van der Waals surface area (Å²) in [6.07, 6.45) is -0.962. The highest BCUT2D eigenvalue weighted by molar-refractivity contribution is 5.99. The molecule has 1 heterocycles. The van der Waals surface area contributed by atoms with Crippen molar-refractivity contribution in [3.63, 3.8) is 0 Å². The predicted octanol–water partition coefficient (Wildman–Crippen LogP) is 2.62. The molecule has 0 saturated heterocycles. The van der Waals surface area contributed by atoms with Gasteiger partial charge in [-0.05, 0) is 31.9 Å². The van der Waals surface area contributed by atoms with Crippen LogP contribution in [0.5, 0.6) is 0 Å². The van der Waals surface area contributed by atoms with Gasteiger partial charge in [-0.2, -0.15) is 0 Å². The molecule has 1 atom stereocenters. The summed E-state index contributed by atoms with van der Waals surface area (Å²) in [5.41, 5.74) is 2.35. The van der Waals surface area contributed by atoms with Gasteiger partial charge >= 0.3 is 11.9 Å². The summed E-state index contributed by atoms with van der Waals surface area (Å²) < 4.78 is 10.0. The lowest BCUT2D eigenvalue weighted by atomic mass is 10.1. The van der Waals surface area contributed by atoms with E-state index in [1.54, 1.807) is 20.9 Å². The van der Waals surface area contributed by atoms with Crippen molar-refractivity contribution in [2.45, 2.75) is 33.4 Å². The number of hydrogen-bond donors (Lipinski definition) is 1. The van der Waals surface area contributed by atoms with Crippen LogP contribution in [0.3, 0.4) is 0 Å². The number of carbonyl (C=O) groups excluding carboxylic acids is 3. The first-order valence-corrected chi connectivity index (χ1v) is 8.53. The number of hydrogen-bond acceptors (Lipinski definition) is 5. The topological polar surface area (TPSA) is 88.7 Å². The first kappa shape index (κ1) is 20.2. The zero-order valence-electron chi connectivity index (χ0n) is 16.2. The molecule has 0 saturated carbocycles. The van der Waals surface area contributed by atoms with E-state index >= 15 is 0 Å². The molecule has 7 nitrogen and oxygen atoms in total. The van der Waals surface area contributed by atoms with Crippen molar-refractivity contribution in [1.29, 1.82) is 0 Å². The third-order valence-corrected chi connectivity index (χ3v) is 4.30. The monoisotopic (exact) mass is 372 g/mol. The zero-order chi connectivity index (χ0) is 20.1. The normalized spacial score (nSPS) is 11.6. The van der Waals surface area contributed by atoms with Gasteiger partial charge < -0.3 is 19.4 Å². The maximum Gasteiger partial charge on any atom is 0.355 e. The second-order valence-corrected chi connectivity index (χ2v) is 6.34. The molecular weight excluding hydrogens is 348 g/mol. The Morgan fingerprint density at radius 1 is 1.11 bits per heavy atom. The Hall–Kier alpha value is -3.09. The van der Waals surface area contributed by atoms with Crippen LogP contribution in [0.25, 0.3) is 0 Å². The van der Waals surface area contributed by atoms with Crippen molar-refractivity contribution in [2.24, 2.45) is 0 Å². The van der Waals surface area contributed by atoms with Gasteiger partial charge in [0.15, 0.2) is 6.10 Å². The van der Waals surface area contributed by atoms with Crippen molar-refractivity contribution >= 4 is 17.8 Å². The summed E-state index contributed by atoms with van der Waals surface area (Å²) in [6.45, 7) is 5.22. The van der Waals surface area contributed by atoms with Gasteiger partial charge in [0.25, 0.3) is 5.91 Å². The van der Waals surface area contributed by atoms with Crippen molar-refractivity contribution in [3.8, 4) is 0 Å². The van der Waals surface area contributed by atoms with Gasteiger partial charge in [0.2, 0.25) is 0 Å². The van der Waals surface area contributed by atoms with Crippen molar-refractivity contribution in [2.75, 3.05) is 14.2 Å². The third-order valence-electron chi connectivity index (χ3n) is 4.30. The molecule has 144 valence electrons. The van der Waals surface area contributed by atoms with Crippen LogP contribution >= 0.6 is 0 Å². The Morgan fingerprint density at radius 2 is 1.74 bits per heavy atom. The van der Waals surface area contributed by atoms with Gasteiger partial charge in [-0.1, -0.05) is 30.3 Å². The second-order valence-electron chi connectivity index (χ2n) is 6.34. The minimum Gasteiger partial charge on any atom is -0.465 e. The Balaban J connectivity index is 2.07. The van der Waals surface area contributed by atoms with Crippen LogP contribution in [-0.4, -0.2) is 48.0 Å². The molecule has 2 aromatic rings. The SMILES string of the molecule is COC(=O)c1c(C)[nH]c(C(=O)OC(C)C(=O)N(C)Cc2ccccc2)c1C.